The van der Waals surface area contributed by atoms with Crippen LogP contribution in [0.2, 0.25) is 0 Å². The molecule has 38 heavy (non-hydrogen) atoms. The van der Waals surface area contributed by atoms with E-state index in [4.69, 9.17) is 26.7 Å². The van der Waals surface area contributed by atoms with Gasteiger partial charge >= 0.3 is 0 Å². The van der Waals surface area contributed by atoms with Crippen molar-refractivity contribution in [1.82, 2.24) is 14.7 Å². The Balaban J connectivity index is 1.23. The molecule has 3 aromatic rings. The van der Waals surface area contributed by atoms with Crippen LogP contribution in [0.3, 0.4) is 0 Å². The van der Waals surface area contributed by atoms with Crippen molar-refractivity contribution in [2.75, 3.05) is 62.8 Å². The van der Waals surface area contributed by atoms with Crippen LogP contribution in [0.1, 0.15) is 4.88 Å². The van der Waals surface area contributed by atoms with Crippen molar-refractivity contribution in [3.8, 4) is 11.3 Å². The number of thiocarbonyl (C=S) groups is 1. The van der Waals surface area contributed by atoms with E-state index < -0.39 is 10.0 Å². The number of ether oxygens (including phenoxy) is 2. The number of sulfonamides is 1. The summed E-state index contributed by atoms with van der Waals surface area (Å²) in [6, 6.07) is 16.5. The van der Waals surface area contributed by atoms with Crippen LogP contribution in [0.5, 0.6) is 0 Å². The topological polar surface area (TPSA) is 108 Å². The van der Waals surface area contributed by atoms with E-state index >= 15 is 0 Å². The molecule has 2 fully saturated rings. The molecule has 3 heterocycles. The number of benzene rings is 2. The van der Waals surface area contributed by atoms with Gasteiger partial charge in [0.1, 0.15) is 0 Å². The van der Waals surface area contributed by atoms with Gasteiger partial charge in [0, 0.05) is 37.4 Å². The Labute approximate surface area is 231 Å². The van der Waals surface area contributed by atoms with Crippen LogP contribution in [0.4, 0.5) is 10.8 Å². The van der Waals surface area contributed by atoms with Gasteiger partial charge in [-0.1, -0.05) is 41.7 Å². The largest absolute Gasteiger partial charge is 0.379 e. The fraction of sp³-hybridized carbons (Fsp3) is 0.320. The number of rotatable bonds is 7. The van der Waals surface area contributed by atoms with Gasteiger partial charge in [-0.25, -0.2) is 13.4 Å². The molecule has 0 atom stereocenters. The van der Waals surface area contributed by atoms with Gasteiger partial charge in [-0.3, -0.25) is 5.43 Å². The van der Waals surface area contributed by atoms with Gasteiger partial charge in [-0.05, 0) is 36.5 Å². The minimum absolute atomic E-state index is 0.233. The third-order valence-corrected chi connectivity index (χ3v) is 9.20. The molecule has 0 aliphatic carbocycles. The molecule has 0 bridgehead atoms. The van der Waals surface area contributed by atoms with Crippen LogP contribution in [0, 0.1) is 0 Å². The first-order valence-corrected chi connectivity index (χ1v) is 14.8. The van der Waals surface area contributed by atoms with Gasteiger partial charge in [0.05, 0.1) is 48.1 Å². The second kappa shape index (κ2) is 12.3. The van der Waals surface area contributed by atoms with Crippen molar-refractivity contribution in [2.24, 2.45) is 5.10 Å². The lowest BCUT2D eigenvalue weighted by atomic mass is 10.1. The van der Waals surface area contributed by atoms with Crippen molar-refractivity contribution < 1.29 is 17.9 Å². The molecule has 0 radical (unpaired) electrons. The van der Waals surface area contributed by atoms with Crippen molar-refractivity contribution in [2.45, 2.75) is 4.90 Å². The third kappa shape index (κ3) is 6.37. The summed E-state index contributed by atoms with van der Waals surface area (Å²) in [6.07, 6.45) is 1.72. The SMILES string of the molecule is O=S(=O)(c1ccc(NC(=S)NN=Cc2sc(N3CCOCC3)nc2-c2ccccc2)cc1)N1CCOCC1. The Kier molecular flexibility index (Phi) is 8.61. The van der Waals surface area contributed by atoms with E-state index in [9.17, 15) is 8.42 Å². The van der Waals surface area contributed by atoms with Gasteiger partial charge in [0.15, 0.2) is 10.2 Å². The Hall–Kier alpha value is -2.94. The summed E-state index contributed by atoms with van der Waals surface area (Å²) in [5.74, 6) is 0. The number of nitrogens with one attached hydrogen (secondary N) is 2. The van der Waals surface area contributed by atoms with E-state index in [-0.39, 0.29) is 10.0 Å². The molecule has 0 unspecified atom stereocenters. The zero-order chi connectivity index (χ0) is 26.4. The lowest BCUT2D eigenvalue weighted by molar-refractivity contribution is 0.0730. The summed E-state index contributed by atoms with van der Waals surface area (Å²) in [5.41, 5.74) is 5.36. The molecule has 2 aliphatic heterocycles. The van der Waals surface area contributed by atoms with Gasteiger partial charge in [0.25, 0.3) is 0 Å². The first kappa shape index (κ1) is 26.7. The predicted molar refractivity (Wildman–Crippen MR) is 154 cm³/mol. The molecule has 2 saturated heterocycles. The monoisotopic (exact) mass is 572 g/mol. The Morgan fingerprint density at radius 1 is 0.974 bits per heavy atom. The molecule has 10 nitrogen and oxygen atoms in total. The number of anilines is 2. The van der Waals surface area contributed by atoms with E-state index in [1.165, 1.54) is 4.31 Å². The Bertz CT molecular complexity index is 1370. The van der Waals surface area contributed by atoms with Gasteiger partial charge < -0.3 is 19.7 Å². The summed E-state index contributed by atoms with van der Waals surface area (Å²) in [4.78, 5) is 8.26. The number of aromatic nitrogens is 1. The number of morpholine rings is 2. The highest BCUT2D eigenvalue weighted by atomic mass is 32.2. The average molecular weight is 573 g/mol. The maximum absolute atomic E-state index is 12.8. The summed E-state index contributed by atoms with van der Waals surface area (Å²) in [7, 11) is -3.55. The summed E-state index contributed by atoms with van der Waals surface area (Å²) in [5, 5.41) is 8.58. The minimum atomic E-state index is -3.55. The Morgan fingerprint density at radius 3 is 2.32 bits per heavy atom. The first-order valence-electron chi connectivity index (χ1n) is 12.2. The van der Waals surface area contributed by atoms with Gasteiger partial charge in [-0.2, -0.15) is 9.41 Å². The van der Waals surface area contributed by atoms with Crippen molar-refractivity contribution in [3.05, 3.63) is 59.5 Å². The van der Waals surface area contributed by atoms with E-state index in [1.54, 1.807) is 41.8 Å². The minimum Gasteiger partial charge on any atom is -0.379 e. The number of nitrogens with zero attached hydrogens (tertiary/aromatic N) is 4. The summed E-state index contributed by atoms with van der Waals surface area (Å²) >= 11 is 6.95. The van der Waals surface area contributed by atoms with Crippen molar-refractivity contribution in [1.29, 1.82) is 0 Å². The van der Waals surface area contributed by atoms with Crippen LogP contribution >= 0.6 is 23.6 Å². The highest BCUT2D eigenvalue weighted by Crippen LogP contribution is 2.32. The van der Waals surface area contributed by atoms with Crippen LogP contribution in [-0.4, -0.2) is 81.6 Å². The smallest absolute Gasteiger partial charge is 0.243 e. The first-order chi connectivity index (χ1) is 18.5. The van der Waals surface area contributed by atoms with Crippen molar-refractivity contribution >= 4 is 55.7 Å². The predicted octanol–water partition coefficient (Wildman–Crippen LogP) is 2.99. The number of hydrogen-bond acceptors (Lipinski definition) is 9. The molecule has 0 saturated carbocycles. The van der Waals surface area contributed by atoms with Gasteiger partial charge in [-0.15, -0.1) is 0 Å². The molecular formula is C25H28N6O4S3. The maximum atomic E-state index is 12.8. The molecule has 2 aromatic carbocycles. The van der Waals surface area contributed by atoms with Crippen LogP contribution in [0.25, 0.3) is 11.3 Å². The van der Waals surface area contributed by atoms with E-state index in [2.05, 4.69) is 20.7 Å². The normalized spacial score (nSPS) is 17.0. The maximum Gasteiger partial charge on any atom is 0.243 e. The second-order valence-corrected chi connectivity index (χ2v) is 11.9. The zero-order valence-corrected chi connectivity index (χ0v) is 23.0. The van der Waals surface area contributed by atoms with Crippen LogP contribution in [0.15, 0.2) is 64.6 Å². The van der Waals surface area contributed by atoms with Crippen molar-refractivity contribution in [3.63, 3.8) is 0 Å². The summed E-state index contributed by atoms with van der Waals surface area (Å²) in [6.45, 7) is 4.50. The Morgan fingerprint density at radius 2 is 1.63 bits per heavy atom. The molecule has 200 valence electrons. The molecule has 2 aliphatic rings. The molecule has 2 N–H and O–H groups in total. The van der Waals surface area contributed by atoms with Gasteiger partial charge in [0.2, 0.25) is 10.0 Å². The molecular weight excluding hydrogens is 545 g/mol. The third-order valence-electron chi connectivity index (χ3n) is 6.04. The fourth-order valence-electron chi connectivity index (χ4n) is 4.06. The number of hydrogen-bond donors (Lipinski definition) is 2. The quantitative estimate of drug-likeness (QED) is 0.251. The summed E-state index contributed by atoms with van der Waals surface area (Å²) < 4.78 is 37.8. The lowest BCUT2D eigenvalue weighted by Crippen LogP contribution is -2.40. The highest BCUT2D eigenvalue weighted by Gasteiger charge is 2.26. The van der Waals surface area contributed by atoms with E-state index in [1.807, 2.05) is 30.3 Å². The number of thiazole rings is 1. The highest BCUT2D eigenvalue weighted by molar-refractivity contribution is 7.89. The molecule has 0 amide bonds. The van der Waals surface area contributed by atoms with Crippen LogP contribution in [-0.2, 0) is 19.5 Å². The molecule has 1 aromatic heterocycles. The number of hydrazone groups is 1. The van der Waals surface area contributed by atoms with E-state index in [0.717, 1.165) is 34.4 Å². The second-order valence-electron chi connectivity index (χ2n) is 8.54. The zero-order valence-electron chi connectivity index (χ0n) is 20.6. The fourth-order valence-corrected chi connectivity index (χ4v) is 6.64. The van der Waals surface area contributed by atoms with E-state index in [0.29, 0.717) is 45.2 Å². The molecule has 0 spiro atoms. The standard InChI is InChI=1S/C25H28N6O4S3/c32-38(33,31-12-16-35-17-13-31)21-8-6-20(7-9-21)27-24(36)29-26-18-22-23(19-4-2-1-3-5-19)28-25(37-22)30-10-14-34-15-11-30/h1-9,18H,10-17H2,(H2,27,29,36). The molecule has 5 rings (SSSR count). The average Bonchev–Trinajstić information content (AvgIpc) is 3.39. The molecule has 13 heteroatoms. The lowest BCUT2D eigenvalue weighted by Gasteiger charge is -2.26. The van der Waals surface area contributed by atoms with Crippen LogP contribution < -0.4 is 15.6 Å².